The molecule has 14 heavy (non-hydrogen) atoms. The molecule has 1 heterocycles. The monoisotopic (exact) mass is 265 g/mol. The molecular formula is C8H6BrF2NO2. The molecule has 1 aromatic rings. The number of rotatable bonds is 3. The van der Waals surface area contributed by atoms with Crippen molar-refractivity contribution in [2.45, 2.75) is 6.43 Å². The van der Waals surface area contributed by atoms with Crippen LogP contribution in [-0.2, 0) is 0 Å². The summed E-state index contributed by atoms with van der Waals surface area (Å²) in [5.41, 5.74) is -0.598. The second kappa shape index (κ2) is 4.45. The molecule has 6 heteroatoms. The van der Waals surface area contributed by atoms with Crippen LogP contribution >= 0.6 is 15.9 Å². The van der Waals surface area contributed by atoms with E-state index in [1.54, 1.807) is 0 Å². The number of carbonyl (C=O) groups is 1. The number of aldehydes is 1. The molecule has 0 radical (unpaired) electrons. The van der Waals surface area contributed by atoms with Crippen molar-refractivity contribution in [1.29, 1.82) is 0 Å². The zero-order valence-electron chi connectivity index (χ0n) is 7.13. The van der Waals surface area contributed by atoms with Crippen molar-refractivity contribution in [3.8, 4) is 5.75 Å². The van der Waals surface area contributed by atoms with Gasteiger partial charge in [0.2, 0.25) is 0 Å². The molecule has 0 bridgehead atoms. The Morgan fingerprint density at radius 2 is 2.29 bits per heavy atom. The minimum atomic E-state index is -2.77. The number of methoxy groups -OCH3 is 1. The molecule has 0 saturated heterocycles. The third kappa shape index (κ3) is 2.06. The van der Waals surface area contributed by atoms with E-state index in [0.29, 0.717) is 10.8 Å². The lowest BCUT2D eigenvalue weighted by molar-refractivity contribution is 0.111. The third-order valence-corrected chi connectivity index (χ3v) is 2.17. The number of hydrogen-bond donors (Lipinski definition) is 0. The van der Waals surface area contributed by atoms with Crippen LogP contribution in [0.25, 0.3) is 0 Å². The van der Waals surface area contributed by atoms with E-state index >= 15 is 0 Å². The molecule has 0 amide bonds. The van der Waals surface area contributed by atoms with Crippen LogP contribution in [0.1, 0.15) is 22.6 Å². The first-order valence-corrected chi connectivity index (χ1v) is 4.37. The highest BCUT2D eigenvalue weighted by atomic mass is 79.9. The van der Waals surface area contributed by atoms with E-state index in [-0.39, 0.29) is 11.4 Å². The van der Waals surface area contributed by atoms with Crippen LogP contribution in [-0.4, -0.2) is 18.4 Å². The fraction of sp³-hybridized carbons (Fsp3) is 0.250. The maximum atomic E-state index is 12.4. The molecule has 0 aromatic carbocycles. The van der Waals surface area contributed by atoms with Gasteiger partial charge in [0.05, 0.1) is 11.6 Å². The number of aromatic nitrogens is 1. The Kier molecular flexibility index (Phi) is 3.51. The molecule has 1 rings (SSSR count). The molecule has 0 fully saturated rings. The first kappa shape index (κ1) is 11.0. The molecule has 0 spiro atoms. The molecule has 0 aliphatic carbocycles. The molecule has 0 N–H and O–H groups in total. The van der Waals surface area contributed by atoms with E-state index < -0.39 is 12.1 Å². The summed E-state index contributed by atoms with van der Waals surface area (Å²) in [7, 11) is 1.26. The highest BCUT2D eigenvalue weighted by Gasteiger charge is 2.18. The molecule has 0 saturated carbocycles. The highest BCUT2D eigenvalue weighted by Crippen LogP contribution is 2.30. The predicted octanol–water partition coefficient (Wildman–Crippen LogP) is 2.60. The van der Waals surface area contributed by atoms with Crippen molar-refractivity contribution in [3.63, 3.8) is 0 Å². The van der Waals surface area contributed by atoms with E-state index in [1.807, 2.05) is 0 Å². The van der Waals surface area contributed by atoms with Crippen molar-refractivity contribution in [2.75, 3.05) is 7.11 Å². The first-order chi connectivity index (χ1) is 6.60. The van der Waals surface area contributed by atoms with Gasteiger partial charge in [0.1, 0.15) is 17.1 Å². The Morgan fingerprint density at radius 1 is 1.64 bits per heavy atom. The number of nitrogens with zero attached hydrogens (tertiary/aromatic N) is 1. The molecule has 0 atom stereocenters. The average Bonchev–Trinajstić information content (AvgIpc) is 2.16. The number of hydrogen-bond acceptors (Lipinski definition) is 3. The van der Waals surface area contributed by atoms with Crippen LogP contribution in [0.2, 0.25) is 0 Å². The summed E-state index contributed by atoms with van der Waals surface area (Å²) in [6.07, 6.45) is -2.37. The van der Waals surface area contributed by atoms with Gasteiger partial charge in [-0.2, -0.15) is 0 Å². The Bertz CT molecular complexity index is 357. The van der Waals surface area contributed by atoms with E-state index in [9.17, 15) is 13.6 Å². The van der Waals surface area contributed by atoms with Gasteiger partial charge >= 0.3 is 0 Å². The van der Waals surface area contributed by atoms with Crippen LogP contribution in [0.4, 0.5) is 8.78 Å². The SMILES string of the molecule is COc1cc(Br)c(C=O)nc1C(F)F. The zero-order chi connectivity index (χ0) is 10.7. The second-order valence-corrected chi connectivity index (χ2v) is 3.22. The van der Waals surface area contributed by atoms with E-state index in [1.165, 1.54) is 13.2 Å². The Labute approximate surface area is 87.2 Å². The van der Waals surface area contributed by atoms with Gasteiger partial charge < -0.3 is 4.74 Å². The summed E-state index contributed by atoms with van der Waals surface area (Å²) >= 11 is 3.01. The molecule has 0 aliphatic heterocycles. The third-order valence-electron chi connectivity index (χ3n) is 1.53. The summed E-state index contributed by atoms with van der Waals surface area (Å²) in [5, 5.41) is 0. The van der Waals surface area contributed by atoms with Gasteiger partial charge in [-0.15, -0.1) is 0 Å². The largest absolute Gasteiger partial charge is 0.495 e. The van der Waals surface area contributed by atoms with Crippen LogP contribution in [0, 0.1) is 0 Å². The summed E-state index contributed by atoms with van der Waals surface area (Å²) < 4.78 is 29.8. The Balaban J connectivity index is 3.32. The number of ether oxygens (including phenoxy) is 1. The maximum Gasteiger partial charge on any atom is 0.284 e. The molecule has 0 unspecified atom stereocenters. The molecule has 0 aliphatic rings. The second-order valence-electron chi connectivity index (χ2n) is 2.36. The quantitative estimate of drug-likeness (QED) is 0.789. The Hall–Kier alpha value is -1.04. The van der Waals surface area contributed by atoms with E-state index in [2.05, 4.69) is 20.9 Å². The minimum absolute atomic E-state index is 0.0440. The molecular weight excluding hydrogens is 260 g/mol. The first-order valence-electron chi connectivity index (χ1n) is 3.58. The lowest BCUT2D eigenvalue weighted by Crippen LogP contribution is -2.00. The number of alkyl halides is 2. The lowest BCUT2D eigenvalue weighted by atomic mass is 10.3. The van der Waals surface area contributed by atoms with Gasteiger partial charge in [-0.3, -0.25) is 4.79 Å². The van der Waals surface area contributed by atoms with Gasteiger partial charge in [0.25, 0.3) is 6.43 Å². The number of carbonyl (C=O) groups excluding carboxylic acids is 1. The van der Waals surface area contributed by atoms with Crippen molar-refractivity contribution < 1.29 is 18.3 Å². The topological polar surface area (TPSA) is 39.2 Å². The summed E-state index contributed by atoms with van der Waals surface area (Å²) in [5.74, 6) is -0.0440. The van der Waals surface area contributed by atoms with Crippen LogP contribution in [0.3, 0.4) is 0 Å². The summed E-state index contributed by atoms with van der Waals surface area (Å²) in [6.45, 7) is 0. The fourth-order valence-electron chi connectivity index (χ4n) is 0.904. The number of halogens is 3. The van der Waals surface area contributed by atoms with E-state index in [0.717, 1.165) is 0 Å². The number of pyridine rings is 1. The van der Waals surface area contributed by atoms with Crippen molar-refractivity contribution in [3.05, 3.63) is 21.9 Å². The molecule has 1 aromatic heterocycles. The van der Waals surface area contributed by atoms with Crippen LogP contribution < -0.4 is 4.74 Å². The van der Waals surface area contributed by atoms with Crippen LogP contribution in [0.15, 0.2) is 10.5 Å². The van der Waals surface area contributed by atoms with Gasteiger partial charge in [-0.25, -0.2) is 13.8 Å². The van der Waals surface area contributed by atoms with Crippen LogP contribution in [0.5, 0.6) is 5.75 Å². The van der Waals surface area contributed by atoms with E-state index in [4.69, 9.17) is 4.74 Å². The minimum Gasteiger partial charge on any atom is -0.495 e. The highest BCUT2D eigenvalue weighted by molar-refractivity contribution is 9.10. The lowest BCUT2D eigenvalue weighted by Gasteiger charge is -2.08. The van der Waals surface area contributed by atoms with Gasteiger partial charge in [-0.1, -0.05) is 0 Å². The summed E-state index contributed by atoms with van der Waals surface area (Å²) in [6, 6.07) is 1.29. The standard InChI is InChI=1S/C8H6BrF2NO2/c1-14-6-2-4(9)5(3-13)12-7(6)8(10)11/h2-3,8H,1H3. The zero-order valence-corrected chi connectivity index (χ0v) is 8.72. The maximum absolute atomic E-state index is 12.4. The fourth-order valence-corrected chi connectivity index (χ4v) is 1.29. The van der Waals surface area contributed by atoms with Crippen molar-refractivity contribution in [1.82, 2.24) is 4.98 Å². The smallest absolute Gasteiger partial charge is 0.284 e. The summed E-state index contributed by atoms with van der Waals surface area (Å²) in [4.78, 5) is 13.9. The molecule has 3 nitrogen and oxygen atoms in total. The average molecular weight is 266 g/mol. The van der Waals surface area contributed by atoms with Crippen molar-refractivity contribution >= 4 is 22.2 Å². The van der Waals surface area contributed by atoms with Gasteiger partial charge in [0.15, 0.2) is 6.29 Å². The predicted molar refractivity (Wildman–Crippen MR) is 48.8 cm³/mol. The van der Waals surface area contributed by atoms with Crippen molar-refractivity contribution in [2.24, 2.45) is 0 Å². The molecule has 76 valence electrons. The normalized spacial score (nSPS) is 10.4. The van der Waals surface area contributed by atoms with Gasteiger partial charge in [0, 0.05) is 0 Å². The van der Waals surface area contributed by atoms with Gasteiger partial charge in [-0.05, 0) is 22.0 Å². The Morgan fingerprint density at radius 3 is 2.71 bits per heavy atom.